The molecule has 1 N–H and O–H groups in total. The Hall–Kier alpha value is -1.18. The van der Waals surface area contributed by atoms with Gasteiger partial charge in [-0.3, -0.25) is 0 Å². The molecule has 1 saturated carbocycles. The van der Waals surface area contributed by atoms with Crippen molar-refractivity contribution >= 4 is 10.2 Å². The lowest BCUT2D eigenvalue weighted by Gasteiger charge is -2.24. The second-order valence-electron chi connectivity index (χ2n) is 5.41. The van der Waals surface area contributed by atoms with Crippen LogP contribution in [0, 0.1) is 5.92 Å². The molecule has 1 aliphatic carbocycles. The minimum absolute atomic E-state index is 0.0532. The second-order valence-corrected chi connectivity index (χ2v) is 7.23. The third-order valence-electron chi connectivity index (χ3n) is 3.91. The lowest BCUT2D eigenvalue weighted by Crippen LogP contribution is -2.44. The van der Waals surface area contributed by atoms with Crippen molar-refractivity contribution in [2.24, 2.45) is 5.92 Å². The molecule has 0 bridgehead atoms. The first-order valence-corrected chi connectivity index (χ1v) is 8.60. The van der Waals surface area contributed by atoms with Crippen LogP contribution in [0.2, 0.25) is 0 Å². The van der Waals surface area contributed by atoms with Crippen LogP contribution in [0.5, 0.6) is 5.88 Å². The van der Waals surface area contributed by atoms with Crippen LogP contribution >= 0.6 is 0 Å². The van der Waals surface area contributed by atoms with Crippen molar-refractivity contribution in [2.75, 3.05) is 20.7 Å². The molecule has 1 heterocycles. The van der Waals surface area contributed by atoms with Crippen molar-refractivity contribution < 1.29 is 13.2 Å². The maximum Gasteiger partial charge on any atom is 0.279 e. The highest BCUT2D eigenvalue weighted by atomic mass is 32.2. The van der Waals surface area contributed by atoms with Gasteiger partial charge >= 0.3 is 0 Å². The van der Waals surface area contributed by atoms with Crippen LogP contribution in [0.1, 0.15) is 25.5 Å². The number of hydrogen-bond acceptors (Lipinski definition) is 4. The van der Waals surface area contributed by atoms with Gasteiger partial charge in [0.25, 0.3) is 10.2 Å². The Kier molecular flexibility index (Phi) is 5.18. The average molecular weight is 313 g/mol. The minimum Gasteiger partial charge on any atom is -0.481 e. The highest BCUT2D eigenvalue weighted by molar-refractivity contribution is 7.87. The van der Waals surface area contributed by atoms with Gasteiger partial charge in [0, 0.05) is 37.8 Å². The number of hydrogen-bond donors (Lipinski definition) is 1. The molecule has 118 valence electrons. The van der Waals surface area contributed by atoms with E-state index in [-0.39, 0.29) is 6.04 Å². The Balaban J connectivity index is 1.86. The van der Waals surface area contributed by atoms with Crippen molar-refractivity contribution in [3.05, 3.63) is 23.9 Å². The molecular formula is C14H23N3O3S. The van der Waals surface area contributed by atoms with Crippen molar-refractivity contribution in [3.63, 3.8) is 0 Å². The van der Waals surface area contributed by atoms with Crippen LogP contribution in [0.3, 0.4) is 0 Å². The molecule has 0 spiro atoms. The molecular weight excluding hydrogens is 290 g/mol. The van der Waals surface area contributed by atoms with Gasteiger partial charge < -0.3 is 4.74 Å². The van der Waals surface area contributed by atoms with E-state index in [1.165, 1.54) is 4.31 Å². The summed E-state index contributed by atoms with van der Waals surface area (Å²) in [5.41, 5.74) is 0.801. The van der Waals surface area contributed by atoms with Crippen LogP contribution in [0.25, 0.3) is 0 Å². The largest absolute Gasteiger partial charge is 0.481 e. The van der Waals surface area contributed by atoms with Gasteiger partial charge in [-0.15, -0.1) is 0 Å². The molecule has 6 nitrogen and oxygen atoms in total. The fraction of sp³-hybridized carbons (Fsp3) is 0.643. The van der Waals surface area contributed by atoms with Gasteiger partial charge in [0.2, 0.25) is 5.88 Å². The summed E-state index contributed by atoms with van der Waals surface area (Å²) >= 11 is 0. The lowest BCUT2D eigenvalue weighted by atomic mass is 10.2. The lowest BCUT2D eigenvalue weighted by molar-refractivity contribution is 0.351. The topological polar surface area (TPSA) is 71.5 Å². The SMILES string of the molecule is COc1cccc(CCNS(=O)(=O)N(C)C(C)C2CC2)n1. The van der Waals surface area contributed by atoms with Gasteiger partial charge in [-0.1, -0.05) is 6.07 Å². The number of aromatic nitrogens is 1. The summed E-state index contributed by atoms with van der Waals surface area (Å²) in [7, 11) is -0.233. The highest BCUT2D eigenvalue weighted by Gasteiger charge is 2.35. The molecule has 2 rings (SSSR count). The zero-order chi connectivity index (χ0) is 15.5. The number of ether oxygens (including phenoxy) is 1. The fourth-order valence-electron chi connectivity index (χ4n) is 2.21. The fourth-order valence-corrected chi connectivity index (χ4v) is 3.39. The molecule has 1 unspecified atom stereocenters. The molecule has 1 aromatic heterocycles. The zero-order valence-electron chi connectivity index (χ0n) is 12.7. The summed E-state index contributed by atoms with van der Waals surface area (Å²) in [5.74, 6) is 1.04. The van der Waals surface area contributed by atoms with Crippen molar-refractivity contribution in [2.45, 2.75) is 32.2 Å². The van der Waals surface area contributed by atoms with E-state index >= 15 is 0 Å². The van der Waals surface area contributed by atoms with Gasteiger partial charge in [0.1, 0.15) is 0 Å². The molecule has 0 aromatic carbocycles. The summed E-state index contributed by atoms with van der Waals surface area (Å²) in [6, 6.07) is 5.51. The van der Waals surface area contributed by atoms with Crippen LogP contribution in [-0.4, -0.2) is 44.5 Å². The van der Waals surface area contributed by atoms with Gasteiger partial charge in [-0.05, 0) is 31.7 Å². The van der Waals surface area contributed by atoms with E-state index in [4.69, 9.17) is 4.74 Å². The molecule has 0 amide bonds. The van der Waals surface area contributed by atoms with E-state index < -0.39 is 10.2 Å². The van der Waals surface area contributed by atoms with E-state index in [9.17, 15) is 8.42 Å². The average Bonchev–Trinajstić information content (AvgIpc) is 3.30. The third kappa shape index (κ3) is 4.39. The van der Waals surface area contributed by atoms with Crippen molar-refractivity contribution in [3.8, 4) is 5.88 Å². The van der Waals surface area contributed by atoms with E-state index in [0.29, 0.717) is 24.8 Å². The van der Waals surface area contributed by atoms with Crippen molar-refractivity contribution in [1.29, 1.82) is 0 Å². The van der Waals surface area contributed by atoms with Gasteiger partial charge in [0.15, 0.2) is 0 Å². The predicted octanol–water partition coefficient (Wildman–Crippen LogP) is 1.20. The van der Waals surface area contributed by atoms with Gasteiger partial charge in [-0.25, -0.2) is 9.71 Å². The number of rotatable bonds is 8. The smallest absolute Gasteiger partial charge is 0.279 e. The van der Waals surface area contributed by atoms with Crippen LogP contribution < -0.4 is 9.46 Å². The van der Waals surface area contributed by atoms with Gasteiger partial charge in [0.05, 0.1) is 7.11 Å². The van der Waals surface area contributed by atoms with Crippen molar-refractivity contribution in [1.82, 2.24) is 14.0 Å². The summed E-state index contributed by atoms with van der Waals surface area (Å²) in [5, 5.41) is 0. The van der Waals surface area contributed by atoms with E-state index in [0.717, 1.165) is 18.5 Å². The maximum absolute atomic E-state index is 12.2. The third-order valence-corrected chi connectivity index (χ3v) is 5.57. The molecule has 1 aliphatic rings. The number of pyridine rings is 1. The number of nitrogens with zero attached hydrogens (tertiary/aromatic N) is 2. The summed E-state index contributed by atoms with van der Waals surface area (Å²) in [4.78, 5) is 4.26. The monoisotopic (exact) mass is 313 g/mol. The van der Waals surface area contributed by atoms with Gasteiger partial charge in [-0.2, -0.15) is 12.7 Å². The Morgan fingerprint density at radius 2 is 2.19 bits per heavy atom. The first-order chi connectivity index (χ1) is 9.94. The second kappa shape index (κ2) is 6.72. The normalized spacial score (nSPS) is 17.0. The Morgan fingerprint density at radius 1 is 1.48 bits per heavy atom. The Labute approximate surface area is 126 Å². The first-order valence-electron chi connectivity index (χ1n) is 7.16. The first kappa shape index (κ1) is 16.2. The molecule has 1 aromatic rings. The van der Waals surface area contributed by atoms with E-state index in [1.54, 1.807) is 20.2 Å². The summed E-state index contributed by atoms with van der Waals surface area (Å²) in [6.07, 6.45) is 2.77. The van der Waals surface area contributed by atoms with Crippen LogP contribution in [0.4, 0.5) is 0 Å². The van der Waals surface area contributed by atoms with Crippen LogP contribution in [0.15, 0.2) is 18.2 Å². The Bertz CT molecular complexity index is 573. The number of nitrogens with one attached hydrogen (secondary N) is 1. The molecule has 1 fully saturated rings. The van der Waals surface area contributed by atoms with E-state index in [2.05, 4.69) is 9.71 Å². The number of methoxy groups -OCH3 is 1. The maximum atomic E-state index is 12.2. The molecule has 21 heavy (non-hydrogen) atoms. The molecule has 1 atom stereocenters. The predicted molar refractivity (Wildman–Crippen MR) is 81.4 cm³/mol. The van der Waals surface area contributed by atoms with Crippen LogP contribution in [-0.2, 0) is 16.6 Å². The zero-order valence-corrected chi connectivity index (χ0v) is 13.6. The minimum atomic E-state index is -3.43. The summed E-state index contributed by atoms with van der Waals surface area (Å²) < 4.78 is 33.5. The van der Waals surface area contributed by atoms with E-state index in [1.807, 2.05) is 19.1 Å². The Morgan fingerprint density at radius 3 is 2.81 bits per heavy atom. The molecule has 7 heteroatoms. The highest BCUT2D eigenvalue weighted by Crippen LogP contribution is 2.35. The summed E-state index contributed by atoms with van der Waals surface area (Å²) in [6.45, 7) is 2.28. The quantitative estimate of drug-likeness (QED) is 0.783. The molecule has 0 radical (unpaired) electrons. The standard InChI is InChI=1S/C14H23N3O3S/c1-11(12-7-8-12)17(2)21(18,19)15-10-9-13-5-4-6-14(16-13)20-3/h4-6,11-12,15H,7-10H2,1-3H3. The molecule has 0 saturated heterocycles. The molecule has 0 aliphatic heterocycles.